The first-order valence-corrected chi connectivity index (χ1v) is 8.04. The molecule has 0 saturated heterocycles. The minimum absolute atomic E-state index is 0.0217. The molecule has 6 nitrogen and oxygen atoms in total. The molecule has 0 unspecified atom stereocenters. The Balaban J connectivity index is 1.63. The summed E-state index contributed by atoms with van der Waals surface area (Å²) in [6, 6.07) is 21.4. The van der Waals surface area contributed by atoms with Gasteiger partial charge < -0.3 is 10.4 Å². The van der Waals surface area contributed by atoms with Crippen molar-refractivity contribution in [3.8, 4) is 11.4 Å². The molecule has 6 heteroatoms. The van der Waals surface area contributed by atoms with Crippen LogP contribution >= 0.6 is 0 Å². The Kier molecular flexibility index (Phi) is 4.10. The Labute approximate surface area is 144 Å². The molecule has 2 N–H and O–H groups in total. The van der Waals surface area contributed by atoms with E-state index in [2.05, 4.69) is 20.6 Å². The molecule has 124 valence electrons. The summed E-state index contributed by atoms with van der Waals surface area (Å²) < 4.78 is 1.73. The van der Waals surface area contributed by atoms with E-state index in [0.717, 1.165) is 22.5 Å². The summed E-state index contributed by atoms with van der Waals surface area (Å²) in [7, 11) is 0. The van der Waals surface area contributed by atoms with Crippen LogP contribution in [-0.2, 0) is 13.2 Å². The number of aliphatic hydroxyl groups excluding tert-OH is 1. The van der Waals surface area contributed by atoms with Crippen LogP contribution in [0.4, 0.5) is 5.82 Å². The Morgan fingerprint density at radius 3 is 2.40 bits per heavy atom. The largest absolute Gasteiger partial charge is 0.392 e. The minimum Gasteiger partial charge on any atom is -0.392 e. The van der Waals surface area contributed by atoms with E-state index in [1.54, 1.807) is 4.52 Å². The smallest absolute Gasteiger partial charge is 0.185 e. The third kappa shape index (κ3) is 3.07. The molecular weight excluding hydrogens is 314 g/mol. The van der Waals surface area contributed by atoms with Gasteiger partial charge in [-0.25, -0.2) is 0 Å². The van der Waals surface area contributed by atoms with E-state index in [0.29, 0.717) is 18.0 Å². The fourth-order valence-corrected chi connectivity index (χ4v) is 2.72. The number of aromatic nitrogens is 4. The number of anilines is 1. The molecule has 25 heavy (non-hydrogen) atoms. The van der Waals surface area contributed by atoms with Gasteiger partial charge in [-0.05, 0) is 23.3 Å². The number of nitrogens with one attached hydrogen (secondary N) is 1. The predicted molar refractivity (Wildman–Crippen MR) is 95.9 cm³/mol. The summed E-state index contributed by atoms with van der Waals surface area (Å²) in [6.45, 7) is 0.603. The van der Waals surface area contributed by atoms with Gasteiger partial charge in [0.05, 0.1) is 6.61 Å². The maximum absolute atomic E-state index is 9.43. The highest BCUT2D eigenvalue weighted by molar-refractivity contribution is 5.59. The van der Waals surface area contributed by atoms with E-state index >= 15 is 0 Å². The van der Waals surface area contributed by atoms with E-state index in [1.165, 1.54) is 0 Å². The number of benzene rings is 2. The van der Waals surface area contributed by atoms with Crippen molar-refractivity contribution in [2.45, 2.75) is 13.2 Å². The summed E-state index contributed by atoms with van der Waals surface area (Å²) in [6.07, 6.45) is 0. The number of rotatable bonds is 5. The molecule has 0 aliphatic heterocycles. The Morgan fingerprint density at radius 1 is 0.840 bits per heavy atom. The normalized spacial score (nSPS) is 10.9. The molecule has 0 radical (unpaired) electrons. The quantitative estimate of drug-likeness (QED) is 0.588. The van der Waals surface area contributed by atoms with Crippen molar-refractivity contribution < 1.29 is 5.11 Å². The molecule has 0 amide bonds. The molecule has 2 heterocycles. The number of nitrogens with zero attached hydrogens (tertiary/aromatic N) is 4. The molecule has 0 atom stereocenters. The Bertz CT molecular complexity index is 997. The third-order valence-electron chi connectivity index (χ3n) is 4.04. The van der Waals surface area contributed by atoms with Crippen molar-refractivity contribution in [1.29, 1.82) is 0 Å². The van der Waals surface area contributed by atoms with Crippen LogP contribution in [-0.4, -0.2) is 24.9 Å². The first kappa shape index (κ1) is 15.3. The molecule has 0 bridgehead atoms. The van der Waals surface area contributed by atoms with Crippen LogP contribution in [0.25, 0.3) is 17.0 Å². The van der Waals surface area contributed by atoms with Crippen LogP contribution in [0.3, 0.4) is 0 Å². The second-order valence-electron chi connectivity index (χ2n) is 5.66. The van der Waals surface area contributed by atoms with Crippen LogP contribution < -0.4 is 5.32 Å². The number of aliphatic hydroxyl groups is 1. The van der Waals surface area contributed by atoms with E-state index in [4.69, 9.17) is 0 Å². The highest BCUT2D eigenvalue weighted by atomic mass is 16.3. The number of hydrogen-bond donors (Lipinski definition) is 2. The fourth-order valence-electron chi connectivity index (χ4n) is 2.72. The van der Waals surface area contributed by atoms with Gasteiger partial charge in [-0.1, -0.05) is 54.6 Å². The molecule has 0 aliphatic rings. The summed E-state index contributed by atoms with van der Waals surface area (Å²) in [4.78, 5) is 0. The third-order valence-corrected chi connectivity index (χ3v) is 4.04. The molecule has 4 aromatic rings. The lowest BCUT2D eigenvalue weighted by Crippen LogP contribution is -2.06. The zero-order valence-electron chi connectivity index (χ0n) is 13.5. The van der Waals surface area contributed by atoms with Gasteiger partial charge in [0.1, 0.15) is 5.82 Å². The maximum atomic E-state index is 9.43. The summed E-state index contributed by atoms with van der Waals surface area (Å²) in [5.41, 5.74) is 3.61. The van der Waals surface area contributed by atoms with Crippen molar-refractivity contribution >= 4 is 11.5 Å². The molecule has 0 spiro atoms. The van der Waals surface area contributed by atoms with Crippen molar-refractivity contribution in [3.05, 3.63) is 77.9 Å². The zero-order chi connectivity index (χ0) is 17.1. The molecular formula is C19H17N5O. The molecule has 0 fully saturated rings. The average Bonchev–Trinajstić information content (AvgIpc) is 3.10. The van der Waals surface area contributed by atoms with E-state index in [1.807, 2.05) is 66.7 Å². The monoisotopic (exact) mass is 331 g/mol. The fraction of sp³-hybridized carbons (Fsp3) is 0.105. The van der Waals surface area contributed by atoms with Gasteiger partial charge in [-0.3, -0.25) is 0 Å². The molecule has 2 aromatic heterocycles. The van der Waals surface area contributed by atoms with E-state index in [9.17, 15) is 5.11 Å². The van der Waals surface area contributed by atoms with Gasteiger partial charge >= 0.3 is 0 Å². The lowest BCUT2D eigenvalue weighted by Gasteiger charge is -2.09. The van der Waals surface area contributed by atoms with Gasteiger partial charge in [-0.2, -0.15) is 4.52 Å². The summed E-state index contributed by atoms with van der Waals surface area (Å²) in [5.74, 6) is 1.42. The van der Waals surface area contributed by atoms with Gasteiger partial charge in [0, 0.05) is 12.1 Å². The molecule has 0 saturated carbocycles. The molecule has 4 rings (SSSR count). The highest BCUT2D eigenvalue weighted by Gasteiger charge is 2.09. The topological polar surface area (TPSA) is 75.3 Å². The SMILES string of the molecule is OCc1ccccc1CNc1ccc2nnc(-c3ccccc3)n2n1. The maximum Gasteiger partial charge on any atom is 0.185 e. The second-order valence-corrected chi connectivity index (χ2v) is 5.66. The molecule has 2 aromatic carbocycles. The second kappa shape index (κ2) is 6.70. The van der Waals surface area contributed by atoms with E-state index < -0.39 is 0 Å². The van der Waals surface area contributed by atoms with Gasteiger partial charge in [0.25, 0.3) is 0 Å². The average molecular weight is 331 g/mol. The first-order chi connectivity index (χ1) is 12.3. The first-order valence-electron chi connectivity index (χ1n) is 8.04. The van der Waals surface area contributed by atoms with Crippen molar-refractivity contribution in [2.24, 2.45) is 0 Å². The molecule has 0 aliphatic carbocycles. The van der Waals surface area contributed by atoms with Crippen LogP contribution in [0.15, 0.2) is 66.7 Å². The Morgan fingerprint density at radius 2 is 1.60 bits per heavy atom. The van der Waals surface area contributed by atoms with Crippen LogP contribution in [0.2, 0.25) is 0 Å². The standard InChI is InChI=1S/C19H17N5O/c25-13-16-9-5-4-8-15(16)12-20-17-10-11-18-21-22-19(24(18)23-17)14-6-2-1-3-7-14/h1-11,25H,12-13H2,(H,20,23). The van der Waals surface area contributed by atoms with Crippen molar-refractivity contribution in [2.75, 3.05) is 5.32 Å². The van der Waals surface area contributed by atoms with Crippen molar-refractivity contribution in [1.82, 2.24) is 19.8 Å². The zero-order valence-corrected chi connectivity index (χ0v) is 13.5. The van der Waals surface area contributed by atoms with Gasteiger partial charge in [-0.15, -0.1) is 15.3 Å². The van der Waals surface area contributed by atoms with Gasteiger partial charge in [0.2, 0.25) is 0 Å². The van der Waals surface area contributed by atoms with Gasteiger partial charge in [0.15, 0.2) is 11.5 Å². The van der Waals surface area contributed by atoms with Crippen LogP contribution in [0.1, 0.15) is 11.1 Å². The van der Waals surface area contributed by atoms with Crippen LogP contribution in [0.5, 0.6) is 0 Å². The number of fused-ring (bicyclic) bond motifs is 1. The Hall–Kier alpha value is -3.25. The predicted octanol–water partition coefficient (Wildman–Crippen LogP) is 2.90. The summed E-state index contributed by atoms with van der Waals surface area (Å²) >= 11 is 0. The summed E-state index contributed by atoms with van der Waals surface area (Å²) in [5, 5.41) is 25.7. The van der Waals surface area contributed by atoms with Crippen LogP contribution in [0, 0.1) is 0 Å². The lowest BCUT2D eigenvalue weighted by molar-refractivity contribution is 0.280. The van der Waals surface area contributed by atoms with Crippen molar-refractivity contribution in [3.63, 3.8) is 0 Å². The van der Waals surface area contributed by atoms with E-state index in [-0.39, 0.29) is 6.61 Å². The minimum atomic E-state index is 0.0217. The lowest BCUT2D eigenvalue weighted by atomic mass is 10.1. The highest BCUT2D eigenvalue weighted by Crippen LogP contribution is 2.18. The number of hydrogen-bond acceptors (Lipinski definition) is 5.